The van der Waals surface area contributed by atoms with E-state index in [1.54, 1.807) is 0 Å². The Kier molecular flexibility index (Phi) is 51.6. The number of unbranched alkanes of at least 4 members (excludes halogenated alkanes) is 15. The zero-order chi connectivity index (χ0) is 50.0. The van der Waals surface area contributed by atoms with Gasteiger partial charge in [-0.2, -0.15) is 0 Å². The van der Waals surface area contributed by atoms with Gasteiger partial charge in [0.05, 0.1) is 0 Å². The largest absolute Gasteiger partial charge is 0.462 e. The smallest absolute Gasteiger partial charge is 0.306 e. The van der Waals surface area contributed by atoms with Crippen molar-refractivity contribution >= 4 is 17.9 Å². The molecular formula is C63H96O6. The van der Waals surface area contributed by atoms with E-state index in [-0.39, 0.29) is 50.4 Å². The molecule has 0 rings (SSSR count). The normalized spacial score (nSPS) is 13.4. The molecule has 0 N–H and O–H groups in total. The summed E-state index contributed by atoms with van der Waals surface area (Å²) >= 11 is 0. The van der Waals surface area contributed by atoms with Gasteiger partial charge in [-0.05, 0) is 96.3 Å². The highest BCUT2D eigenvalue weighted by Gasteiger charge is 2.19. The van der Waals surface area contributed by atoms with Crippen molar-refractivity contribution < 1.29 is 28.6 Å². The Balaban J connectivity index is 4.60. The van der Waals surface area contributed by atoms with Crippen molar-refractivity contribution in [3.8, 4) is 0 Å². The third-order valence-corrected chi connectivity index (χ3v) is 10.7. The first-order valence-electron chi connectivity index (χ1n) is 27.1. The molecule has 0 radical (unpaired) electrons. The summed E-state index contributed by atoms with van der Waals surface area (Å²) < 4.78 is 16.7. The van der Waals surface area contributed by atoms with E-state index in [2.05, 4.69) is 99.8 Å². The van der Waals surface area contributed by atoms with Crippen molar-refractivity contribution in [3.05, 3.63) is 158 Å². The van der Waals surface area contributed by atoms with E-state index in [9.17, 15) is 14.4 Å². The Bertz CT molecular complexity index is 1610. The van der Waals surface area contributed by atoms with Gasteiger partial charge in [-0.3, -0.25) is 14.4 Å². The molecule has 0 fully saturated rings. The molecule has 6 heteroatoms. The number of carbonyl (C=O) groups excluding carboxylic acids is 3. The Morgan fingerprint density at radius 2 is 0.667 bits per heavy atom. The zero-order valence-electron chi connectivity index (χ0n) is 43.8. The van der Waals surface area contributed by atoms with Gasteiger partial charge < -0.3 is 14.2 Å². The first-order valence-corrected chi connectivity index (χ1v) is 27.1. The number of esters is 3. The van der Waals surface area contributed by atoms with Gasteiger partial charge >= 0.3 is 17.9 Å². The summed E-state index contributed by atoms with van der Waals surface area (Å²) in [5, 5.41) is 0. The lowest BCUT2D eigenvalue weighted by molar-refractivity contribution is -0.166. The van der Waals surface area contributed by atoms with E-state index in [1.165, 1.54) is 51.4 Å². The van der Waals surface area contributed by atoms with Crippen LogP contribution in [0.2, 0.25) is 0 Å². The van der Waals surface area contributed by atoms with Crippen molar-refractivity contribution in [1.29, 1.82) is 0 Å². The van der Waals surface area contributed by atoms with E-state index >= 15 is 0 Å². The van der Waals surface area contributed by atoms with Gasteiger partial charge in [-0.15, -0.1) is 0 Å². The number of hydrogen-bond acceptors (Lipinski definition) is 6. The van der Waals surface area contributed by atoms with Gasteiger partial charge in [0.25, 0.3) is 0 Å². The SMILES string of the molecule is CC/C=C/C=C/C=C/C=C/C=C/C=C/C=C/CCCCCC(=O)OCC(COC(=O)CC/C=C/C/C=C/CCCCCCCC)OC(=O)CCCCCCCC/C=C/C/C=C/C/C=C/C/C=C/CC. The Labute approximate surface area is 422 Å². The molecule has 0 aliphatic rings. The molecule has 0 aromatic rings. The van der Waals surface area contributed by atoms with Gasteiger partial charge in [0.1, 0.15) is 13.2 Å². The summed E-state index contributed by atoms with van der Waals surface area (Å²) in [5.74, 6) is -1.07. The van der Waals surface area contributed by atoms with Crippen LogP contribution in [0.5, 0.6) is 0 Å². The van der Waals surface area contributed by atoms with Crippen LogP contribution in [0.3, 0.4) is 0 Å². The van der Waals surface area contributed by atoms with Crippen LogP contribution >= 0.6 is 0 Å². The summed E-state index contributed by atoms with van der Waals surface area (Å²) in [6.07, 6.45) is 80.9. The lowest BCUT2D eigenvalue weighted by Crippen LogP contribution is -2.30. The molecule has 0 aromatic carbocycles. The minimum atomic E-state index is -0.836. The summed E-state index contributed by atoms with van der Waals surface area (Å²) in [6.45, 7) is 6.24. The predicted octanol–water partition coefficient (Wildman–Crippen LogP) is 18.2. The summed E-state index contributed by atoms with van der Waals surface area (Å²) in [7, 11) is 0. The molecular weight excluding hydrogens is 853 g/mol. The van der Waals surface area contributed by atoms with Crippen LogP contribution in [0.15, 0.2) is 158 Å². The van der Waals surface area contributed by atoms with Crippen LogP contribution in [0.4, 0.5) is 0 Å². The van der Waals surface area contributed by atoms with Crippen molar-refractivity contribution in [3.63, 3.8) is 0 Å². The van der Waals surface area contributed by atoms with Crippen LogP contribution < -0.4 is 0 Å². The molecule has 384 valence electrons. The summed E-state index contributed by atoms with van der Waals surface area (Å²) in [6, 6.07) is 0. The molecule has 0 bridgehead atoms. The highest BCUT2D eigenvalue weighted by molar-refractivity contribution is 5.71. The van der Waals surface area contributed by atoms with E-state index in [4.69, 9.17) is 14.2 Å². The number of rotatable bonds is 46. The second-order valence-electron chi connectivity index (χ2n) is 17.2. The maximum atomic E-state index is 12.8. The van der Waals surface area contributed by atoms with Crippen molar-refractivity contribution in [2.75, 3.05) is 13.2 Å². The number of ether oxygens (including phenoxy) is 3. The van der Waals surface area contributed by atoms with Gasteiger partial charge in [0.2, 0.25) is 0 Å². The first kappa shape index (κ1) is 64.0. The second kappa shape index (κ2) is 55.6. The van der Waals surface area contributed by atoms with Crippen molar-refractivity contribution in [2.24, 2.45) is 0 Å². The molecule has 0 aromatic heterocycles. The standard InChI is InChI=1S/C63H96O6/c1-4-7-10-13-16-19-22-25-27-29-31-33-35-38-41-44-47-50-53-56-62(65)68-59-60(58-67-61(64)55-52-49-46-43-40-37-24-21-18-15-12-9-6-3)69-63(66)57-54-51-48-45-42-39-36-34-32-30-28-26-23-20-17-14-11-8-5-2/h7-8,10-11,13,16-17,19-20,22,25-29,31-35,37-38,40-41,46,49,60H,4-6,9,12,14-15,18,21,23-24,30,36,39,42-45,47-48,50-59H2,1-3H3/b10-7+,11-8+,16-13+,20-17+,22-19+,27-25+,28-26+,31-29+,34-32+,35-33+,40-37+,41-38+,49-46+. The fourth-order valence-corrected chi connectivity index (χ4v) is 6.70. The third kappa shape index (κ3) is 53.8. The minimum Gasteiger partial charge on any atom is -0.462 e. The van der Waals surface area contributed by atoms with E-state index in [1.807, 2.05) is 79.0 Å². The zero-order valence-corrected chi connectivity index (χ0v) is 43.8. The molecule has 0 aliphatic heterocycles. The quantitative estimate of drug-likeness (QED) is 0.0199. The van der Waals surface area contributed by atoms with Gasteiger partial charge in [0, 0.05) is 19.3 Å². The van der Waals surface area contributed by atoms with Crippen LogP contribution in [-0.2, 0) is 28.6 Å². The number of carbonyl (C=O) groups is 3. The fourth-order valence-electron chi connectivity index (χ4n) is 6.70. The Hall–Kier alpha value is -4.97. The number of hydrogen-bond donors (Lipinski definition) is 0. The van der Waals surface area contributed by atoms with Crippen LogP contribution in [-0.4, -0.2) is 37.2 Å². The Morgan fingerprint density at radius 3 is 1.16 bits per heavy atom. The number of allylic oxidation sites excluding steroid dienone is 26. The van der Waals surface area contributed by atoms with Crippen LogP contribution in [0.1, 0.15) is 201 Å². The Morgan fingerprint density at radius 1 is 0.319 bits per heavy atom. The lowest BCUT2D eigenvalue weighted by Gasteiger charge is -2.18. The van der Waals surface area contributed by atoms with E-state index in [0.29, 0.717) is 12.8 Å². The second-order valence-corrected chi connectivity index (χ2v) is 17.2. The highest BCUT2D eigenvalue weighted by atomic mass is 16.6. The topological polar surface area (TPSA) is 78.9 Å². The summed E-state index contributed by atoms with van der Waals surface area (Å²) in [5.41, 5.74) is 0. The molecule has 1 unspecified atom stereocenters. The maximum absolute atomic E-state index is 12.8. The molecule has 0 heterocycles. The average Bonchev–Trinajstić information content (AvgIpc) is 3.35. The van der Waals surface area contributed by atoms with Gasteiger partial charge in [-0.1, -0.05) is 243 Å². The van der Waals surface area contributed by atoms with Crippen LogP contribution in [0, 0.1) is 0 Å². The molecule has 0 saturated heterocycles. The molecule has 0 aliphatic carbocycles. The maximum Gasteiger partial charge on any atom is 0.306 e. The lowest BCUT2D eigenvalue weighted by atomic mass is 10.1. The molecule has 1 atom stereocenters. The van der Waals surface area contributed by atoms with E-state index < -0.39 is 6.10 Å². The summed E-state index contributed by atoms with van der Waals surface area (Å²) in [4.78, 5) is 38.0. The van der Waals surface area contributed by atoms with E-state index in [0.717, 1.165) is 96.3 Å². The van der Waals surface area contributed by atoms with Crippen molar-refractivity contribution in [1.82, 2.24) is 0 Å². The van der Waals surface area contributed by atoms with Crippen molar-refractivity contribution in [2.45, 2.75) is 207 Å². The molecule has 0 amide bonds. The highest BCUT2D eigenvalue weighted by Crippen LogP contribution is 2.12. The van der Waals surface area contributed by atoms with Gasteiger partial charge in [0.15, 0.2) is 6.10 Å². The molecule has 0 spiro atoms. The van der Waals surface area contributed by atoms with Crippen LogP contribution in [0.25, 0.3) is 0 Å². The minimum absolute atomic E-state index is 0.133. The molecule has 0 saturated carbocycles. The molecule has 6 nitrogen and oxygen atoms in total. The third-order valence-electron chi connectivity index (χ3n) is 10.7. The monoisotopic (exact) mass is 949 g/mol. The average molecular weight is 949 g/mol. The molecule has 69 heavy (non-hydrogen) atoms. The van der Waals surface area contributed by atoms with Gasteiger partial charge in [-0.25, -0.2) is 0 Å². The fraction of sp³-hybridized carbons (Fsp3) is 0.540. The first-order chi connectivity index (χ1) is 34.0. The predicted molar refractivity (Wildman–Crippen MR) is 297 cm³/mol.